The molecule has 0 aliphatic carbocycles. The van der Waals surface area contributed by atoms with E-state index in [2.05, 4.69) is 43.8 Å². The molecule has 0 aliphatic heterocycles. The van der Waals surface area contributed by atoms with Crippen molar-refractivity contribution in [3.8, 4) is 0 Å². The Bertz CT molecular complexity index is 1020. The first-order chi connectivity index (χ1) is 15.0. The lowest BCUT2D eigenvalue weighted by Crippen LogP contribution is -2.28. The van der Waals surface area contributed by atoms with Gasteiger partial charge >= 0.3 is 5.97 Å². The Morgan fingerprint density at radius 2 is 1.42 bits per heavy atom. The maximum absolute atomic E-state index is 13.4. The molecule has 2 nitrogen and oxygen atoms in total. The van der Waals surface area contributed by atoms with Crippen LogP contribution >= 0.6 is 7.92 Å². The average molecular weight is 429 g/mol. The Balaban J connectivity index is 2.06. The van der Waals surface area contributed by atoms with E-state index in [9.17, 15) is 4.79 Å². The van der Waals surface area contributed by atoms with Crippen molar-refractivity contribution in [1.82, 2.24) is 0 Å². The minimum Gasteiger partial charge on any atom is -0.450 e. The lowest BCUT2D eigenvalue weighted by atomic mass is 10.0. The van der Waals surface area contributed by atoms with Gasteiger partial charge in [-0.25, -0.2) is 4.79 Å². The van der Waals surface area contributed by atoms with Gasteiger partial charge in [0.05, 0.1) is 5.56 Å². The Labute approximate surface area is 187 Å². The van der Waals surface area contributed by atoms with E-state index in [1.165, 1.54) is 10.6 Å². The van der Waals surface area contributed by atoms with E-state index in [0.717, 1.165) is 22.9 Å². The molecule has 0 fully saturated rings. The third-order valence-corrected chi connectivity index (χ3v) is 7.51. The highest BCUT2D eigenvalue weighted by Crippen LogP contribution is 2.34. The molecule has 0 amide bonds. The molecule has 0 aliphatic rings. The van der Waals surface area contributed by atoms with E-state index < -0.39 is 14.0 Å². The van der Waals surface area contributed by atoms with Crippen LogP contribution in [0, 0.1) is 0 Å². The standard InChI is InChI=1S/C28H29O2P/c1-5-14-22(4)27(21(2)3)30-28(29)25-19-12-13-20-26(25)31(23-15-8-6-9-16-23)24-17-10-7-11-18-24/h6-20,27H,2,5H2,1,3-4H3/b22-14+. The van der Waals surface area contributed by atoms with Gasteiger partial charge < -0.3 is 4.74 Å². The van der Waals surface area contributed by atoms with Gasteiger partial charge in [0.15, 0.2) is 0 Å². The highest BCUT2D eigenvalue weighted by Gasteiger charge is 2.25. The van der Waals surface area contributed by atoms with Gasteiger partial charge in [0.25, 0.3) is 0 Å². The molecule has 1 atom stereocenters. The summed E-state index contributed by atoms with van der Waals surface area (Å²) in [6.07, 6.45) is 2.55. The summed E-state index contributed by atoms with van der Waals surface area (Å²) < 4.78 is 5.98. The lowest BCUT2D eigenvalue weighted by molar-refractivity contribution is 0.0433. The first-order valence-electron chi connectivity index (χ1n) is 10.5. The van der Waals surface area contributed by atoms with Gasteiger partial charge in [-0.05, 0) is 61.3 Å². The molecule has 0 heterocycles. The van der Waals surface area contributed by atoms with Gasteiger partial charge in [0.2, 0.25) is 0 Å². The van der Waals surface area contributed by atoms with E-state index in [4.69, 9.17) is 4.74 Å². The molecule has 0 aromatic heterocycles. The molecule has 3 aromatic rings. The van der Waals surface area contributed by atoms with E-state index in [1.54, 1.807) is 0 Å². The van der Waals surface area contributed by atoms with Crippen molar-refractivity contribution in [2.24, 2.45) is 0 Å². The van der Waals surface area contributed by atoms with Crippen molar-refractivity contribution in [3.05, 3.63) is 114 Å². The van der Waals surface area contributed by atoms with Crippen LogP contribution in [0.3, 0.4) is 0 Å². The molecule has 158 valence electrons. The van der Waals surface area contributed by atoms with Gasteiger partial charge in [-0.2, -0.15) is 0 Å². The van der Waals surface area contributed by atoms with Gasteiger partial charge in [-0.1, -0.05) is 98.4 Å². The normalized spacial score (nSPS) is 12.5. The quantitative estimate of drug-likeness (QED) is 0.254. The molecule has 0 saturated carbocycles. The SMILES string of the molecule is C=C(C)C(OC(=O)c1ccccc1P(c1ccccc1)c1ccccc1)/C(C)=C/CC. The fourth-order valence-electron chi connectivity index (χ4n) is 3.60. The second-order valence-electron chi connectivity index (χ2n) is 7.51. The van der Waals surface area contributed by atoms with Crippen LogP contribution in [0.2, 0.25) is 0 Å². The fraction of sp³-hybridized carbons (Fsp3) is 0.179. The van der Waals surface area contributed by atoms with E-state index in [1.807, 2.05) is 74.5 Å². The van der Waals surface area contributed by atoms with Crippen LogP contribution in [0.5, 0.6) is 0 Å². The predicted octanol–water partition coefficient (Wildman–Crippen LogP) is 5.90. The summed E-state index contributed by atoms with van der Waals surface area (Å²) >= 11 is 0. The van der Waals surface area contributed by atoms with Crippen molar-refractivity contribution < 1.29 is 9.53 Å². The molecule has 0 bridgehead atoms. The number of hydrogen-bond donors (Lipinski definition) is 0. The van der Waals surface area contributed by atoms with Crippen LogP contribution < -0.4 is 15.9 Å². The number of benzene rings is 3. The molecule has 0 N–H and O–H groups in total. The van der Waals surface area contributed by atoms with Crippen molar-refractivity contribution in [2.75, 3.05) is 0 Å². The molecular formula is C28H29O2P. The number of carbonyl (C=O) groups excluding carboxylic acids is 1. The summed E-state index contributed by atoms with van der Waals surface area (Å²) in [4.78, 5) is 13.4. The van der Waals surface area contributed by atoms with Gasteiger partial charge in [0, 0.05) is 0 Å². The third kappa shape index (κ3) is 5.60. The zero-order valence-corrected chi connectivity index (χ0v) is 19.3. The Morgan fingerprint density at radius 3 is 1.94 bits per heavy atom. The van der Waals surface area contributed by atoms with Crippen molar-refractivity contribution in [1.29, 1.82) is 0 Å². The molecule has 0 spiro atoms. The fourth-order valence-corrected chi connectivity index (χ4v) is 6.04. The second kappa shape index (κ2) is 10.9. The van der Waals surface area contributed by atoms with Gasteiger partial charge in [-0.15, -0.1) is 0 Å². The highest BCUT2D eigenvalue weighted by molar-refractivity contribution is 7.80. The van der Waals surface area contributed by atoms with Crippen LogP contribution in [0.1, 0.15) is 37.6 Å². The van der Waals surface area contributed by atoms with Crippen LogP contribution in [0.4, 0.5) is 0 Å². The van der Waals surface area contributed by atoms with Crippen molar-refractivity contribution >= 4 is 29.8 Å². The minimum atomic E-state index is -0.899. The van der Waals surface area contributed by atoms with Crippen molar-refractivity contribution in [3.63, 3.8) is 0 Å². The zero-order chi connectivity index (χ0) is 22.2. The lowest BCUT2D eigenvalue weighted by Gasteiger charge is -2.23. The third-order valence-electron chi connectivity index (χ3n) is 5.01. The van der Waals surface area contributed by atoms with Crippen LogP contribution in [0.25, 0.3) is 0 Å². The number of ether oxygens (including phenoxy) is 1. The smallest absolute Gasteiger partial charge is 0.339 e. The van der Waals surface area contributed by atoms with E-state index >= 15 is 0 Å². The molecule has 3 heteroatoms. The first kappa shape index (κ1) is 22.7. The minimum absolute atomic E-state index is 0.313. The summed E-state index contributed by atoms with van der Waals surface area (Å²) in [5, 5.41) is 3.39. The molecule has 3 rings (SSSR count). The maximum Gasteiger partial charge on any atom is 0.339 e. The molecule has 0 saturated heterocycles. The van der Waals surface area contributed by atoms with Gasteiger partial charge in [-0.3, -0.25) is 0 Å². The van der Waals surface area contributed by atoms with Crippen LogP contribution in [-0.2, 0) is 4.74 Å². The second-order valence-corrected chi connectivity index (χ2v) is 9.70. The highest BCUT2D eigenvalue weighted by atomic mass is 31.1. The van der Waals surface area contributed by atoms with Crippen LogP contribution in [0.15, 0.2) is 109 Å². The molecule has 0 radical (unpaired) electrons. The monoisotopic (exact) mass is 428 g/mol. The summed E-state index contributed by atoms with van der Waals surface area (Å²) in [6.45, 7) is 10.0. The van der Waals surface area contributed by atoms with Gasteiger partial charge in [0.1, 0.15) is 6.10 Å². The number of allylic oxidation sites excluding steroid dienone is 1. The van der Waals surface area contributed by atoms with Crippen LogP contribution in [-0.4, -0.2) is 12.1 Å². The largest absolute Gasteiger partial charge is 0.450 e. The number of hydrogen-bond acceptors (Lipinski definition) is 2. The molecular weight excluding hydrogens is 399 g/mol. The summed E-state index contributed by atoms with van der Waals surface area (Å²) in [7, 11) is -0.899. The summed E-state index contributed by atoms with van der Waals surface area (Å²) in [5.41, 5.74) is 2.44. The Kier molecular flexibility index (Phi) is 7.98. The maximum atomic E-state index is 13.4. The molecule has 3 aromatic carbocycles. The molecule has 1 unspecified atom stereocenters. The first-order valence-corrected chi connectivity index (χ1v) is 11.9. The number of carbonyl (C=O) groups is 1. The van der Waals surface area contributed by atoms with E-state index in [0.29, 0.717) is 5.56 Å². The number of esters is 1. The summed E-state index contributed by atoms with van der Waals surface area (Å²) in [6, 6.07) is 28.5. The Hall–Kier alpha value is -2.96. The Morgan fingerprint density at radius 1 is 0.903 bits per heavy atom. The van der Waals surface area contributed by atoms with Crippen molar-refractivity contribution in [2.45, 2.75) is 33.3 Å². The average Bonchev–Trinajstić information content (AvgIpc) is 2.79. The van der Waals surface area contributed by atoms with E-state index in [-0.39, 0.29) is 5.97 Å². The molecule has 31 heavy (non-hydrogen) atoms. The summed E-state index contributed by atoms with van der Waals surface area (Å²) in [5.74, 6) is -0.313. The number of rotatable bonds is 8. The topological polar surface area (TPSA) is 26.3 Å². The zero-order valence-electron chi connectivity index (χ0n) is 18.4. The predicted molar refractivity (Wildman–Crippen MR) is 133 cm³/mol.